The molecule has 1 aliphatic carbocycles. The molecule has 0 amide bonds. The van der Waals surface area contributed by atoms with Crippen molar-refractivity contribution in [2.45, 2.75) is 19.8 Å². The van der Waals surface area contributed by atoms with Crippen molar-refractivity contribution in [1.82, 2.24) is 14.5 Å². The van der Waals surface area contributed by atoms with Crippen LogP contribution in [0.25, 0.3) is 28.2 Å². The van der Waals surface area contributed by atoms with E-state index in [9.17, 15) is 9.59 Å². The van der Waals surface area contributed by atoms with Crippen molar-refractivity contribution in [2.75, 3.05) is 0 Å². The molecule has 6 heteroatoms. The fourth-order valence-electron chi connectivity index (χ4n) is 3.74. The molecular weight excluding hydrogens is 354 g/mol. The van der Waals surface area contributed by atoms with Crippen molar-refractivity contribution in [3.8, 4) is 0 Å². The lowest BCUT2D eigenvalue weighted by Crippen LogP contribution is -2.01. The molecule has 0 N–H and O–H groups in total. The zero-order valence-electron chi connectivity index (χ0n) is 15.7. The van der Waals surface area contributed by atoms with Crippen molar-refractivity contribution >= 4 is 39.8 Å². The first-order chi connectivity index (χ1) is 13.4. The Morgan fingerprint density at radius 1 is 1.00 bits per heavy atom. The number of carbonyl (C=O) groups is 2. The number of imidazole rings is 1. The molecule has 0 radical (unpaired) electrons. The van der Waals surface area contributed by atoms with Crippen molar-refractivity contribution < 1.29 is 14.0 Å². The largest absolute Gasteiger partial charge is 0.417 e. The second-order valence-electron chi connectivity index (χ2n) is 7.33. The highest BCUT2D eigenvalue weighted by Crippen LogP contribution is 2.32. The van der Waals surface area contributed by atoms with Crippen molar-refractivity contribution in [2.24, 2.45) is 7.05 Å². The number of benzene rings is 2. The summed E-state index contributed by atoms with van der Waals surface area (Å²) in [6, 6.07) is 11.2. The summed E-state index contributed by atoms with van der Waals surface area (Å²) < 4.78 is 7.56. The molecule has 2 aromatic heterocycles. The Bertz CT molecular complexity index is 1280. The number of oxazole rings is 1. The molecule has 138 valence electrons. The first-order valence-electron chi connectivity index (χ1n) is 9.11. The number of hydrogen-bond donors (Lipinski definition) is 0. The van der Waals surface area contributed by atoms with E-state index in [0.29, 0.717) is 22.5 Å². The Hall–Kier alpha value is -3.54. The van der Waals surface area contributed by atoms with Crippen LogP contribution in [0.3, 0.4) is 0 Å². The van der Waals surface area contributed by atoms with Crippen LogP contribution in [0.1, 0.15) is 52.2 Å². The first kappa shape index (κ1) is 16.6. The van der Waals surface area contributed by atoms with Crippen molar-refractivity contribution in [3.05, 3.63) is 64.8 Å². The van der Waals surface area contributed by atoms with E-state index in [1.54, 1.807) is 12.1 Å². The lowest BCUT2D eigenvalue weighted by atomic mass is 10.0. The molecular formula is C22H17N3O3. The van der Waals surface area contributed by atoms with Gasteiger partial charge in [-0.1, -0.05) is 38.1 Å². The van der Waals surface area contributed by atoms with E-state index in [1.165, 1.54) is 6.08 Å². The Kier molecular flexibility index (Phi) is 3.40. The molecule has 6 nitrogen and oxygen atoms in total. The van der Waals surface area contributed by atoms with E-state index in [-0.39, 0.29) is 28.9 Å². The fraction of sp³-hybridized carbons (Fsp3) is 0.182. The molecule has 0 fully saturated rings. The van der Waals surface area contributed by atoms with Crippen molar-refractivity contribution in [1.29, 1.82) is 0 Å². The molecule has 2 heterocycles. The second kappa shape index (κ2) is 5.73. The first-order valence-corrected chi connectivity index (χ1v) is 9.11. The highest BCUT2D eigenvalue weighted by atomic mass is 16.4. The summed E-state index contributed by atoms with van der Waals surface area (Å²) in [5.41, 5.74) is 1.91. The molecule has 1 aliphatic rings. The molecule has 0 bridgehead atoms. The van der Waals surface area contributed by atoms with E-state index < -0.39 is 0 Å². The topological polar surface area (TPSA) is 78.0 Å². The molecule has 2 aromatic carbocycles. The Labute approximate surface area is 160 Å². The minimum absolute atomic E-state index is 0.0703. The van der Waals surface area contributed by atoms with E-state index >= 15 is 0 Å². The van der Waals surface area contributed by atoms with Gasteiger partial charge in [0.1, 0.15) is 5.82 Å². The summed E-state index contributed by atoms with van der Waals surface area (Å²) in [4.78, 5) is 34.6. The zero-order valence-corrected chi connectivity index (χ0v) is 15.7. The number of Topliss-reactive ketones (excluding diaryl/α,β-unsaturated/α-hetero) is 2. The van der Waals surface area contributed by atoms with Gasteiger partial charge in [0.25, 0.3) is 5.71 Å². The molecule has 28 heavy (non-hydrogen) atoms. The maximum Gasteiger partial charge on any atom is 0.266 e. The van der Waals surface area contributed by atoms with Crippen LogP contribution in [0, 0.1) is 0 Å². The van der Waals surface area contributed by atoms with Crippen LogP contribution in [-0.4, -0.2) is 26.1 Å². The third kappa shape index (κ3) is 2.27. The lowest BCUT2D eigenvalue weighted by Gasteiger charge is -2.03. The highest BCUT2D eigenvalue weighted by molar-refractivity contribution is 6.41. The predicted octanol–water partition coefficient (Wildman–Crippen LogP) is 4.30. The van der Waals surface area contributed by atoms with Gasteiger partial charge in [0.15, 0.2) is 11.6 Å². The average molecular weight is 371 g/mol. The number of rotatable bonds is 2. The van der Waals surface area contributed by atoms with Gasteiger partial charge in [-0.25, -0.2) is 0 Å². The van der Waals surface area contributed by atoms with Gasteiger partial charge in [0.2, 0.25) is 11.5 Å². The van der Waals surface area contributed by atoms with Gasteiger partial charge in [-0.2, -0.15) is 9.97 Å². The predicted molar refractivity (Wildman–Crippen MR) is 105 cm³/mol. The quantitative estimate of drug-likeness (QED) is 0.388. The van der Waals surface area contributed by atoms with E-state index in [0.717, 1.165) is 16.6 Å². The molecule has 0 unspecified atom stereocenters. The zero-order chi connectivity index (χ0) is 19.6. The molecule has 0 saturated heterocycles. The smallest absolute Gasteiger partial charge is 0.266 e. The van der Waals surface area contributed by atoms with Crippen LogP contribution >= 0.6 is 0 Å². The Balaban J connectivity index is 1.60. The van der Waals surface area contributed by atoms with Gasteiger partial charge in [0.05, 0.1) is 5.57 Å². The summed E-state index contributed by atoms with van der Waals surface area (Å²) in [6.45, 7) is 4.09. The number of nitrogens with zero attached hydrogens (tertiary/aromatic N) is 3. The van der Waals surface area contributed by atoms with Gasteiger partial charge >= 0.3 is 0 Å². The lowest BCUT2D eigenvalue weighted by molar-refractivity contribution is 0.0990. The van der Waals surface area contributed by atoms with Crippen LogP contribution < -0.4 is 0 Å². The SMILES string of the molecule is CC(C)c1nc2oc(C=C3C(=O)c4cc5ccccc5cc4C3=O)nc2n1C. The molecule has 0 saturated carbocycles. The maximum absolute atomic E-state index is 12.8. The van der Waals surface area contributed by atoms with Gasteiger partial charge in [-0.05, 0) is 22.9 Å². The third-order valence-electron chi connectivity index (χ3n) is 5.13. The molecule has 5 rings (SSSR count). The monoisotopic (exact) mass is 371 g/mol. The summed E-state index contributed by atoms with van der Waals surface area (Å²) in [5, 5.41) is 1.85. The normalized spacial score (nSPS) is 13.9. The van der Waals surface area contributed by atoms with Crippen LogP contribution in [-0.2, 0) is 7.05 Å². The average Bonchev–Trinajstić information content (AvgIpc) is 3.29. The fourth-order valence-corrected chi connectivity index (χ4v) is 3.74. The molecule has 0 aliphatic heterocycles. The second-order valence-corrected chi connectivity index (χ2v) is 7.33. The van der Waals surface area contributed by atoms with E-state index in [2.05, 4.69) is 9.97 Å². The summed E-state index contributed by atoms with van der Waals surface area (Å²) in [6.07, 6.45) is 1.42. The van der Waals surface area contributed by atoms with Crippen LogP contribution in [0.4, 0.5) is 0 Å². The third-order valence-corrected chi connectivity index (χ3v) is 5.13. The van der Waals surface area contributed by atoms with Crippen LogP contribution in [0.2, 0.25) is 0 Å². The van der Waals surface area contributed by atoms with Gasteiger partial charge in [0, 0.05) is 30.2 Å². The van der Waals surface area contributed by atoms with Crippen molar-refractivity contribution in [3.63, 3.8) is 0 Å². The standard InChI is InChI=1S/C22H17N3O3/c1-11(2)20-24-22-21(25(20)3)23-17(28-22)10-16-18(26)14-8-12-6-4-5-7-13(12)9-15(14)19(16)27/h4-11H,1-3H3. The highest BCUT2D eigenvalue weighted by Gasteiger charge is 2.34. The van der Waals surface area contributed by atoms with Crippen LogP contribution in [0.5, 0.6) is 0 Å². The summed E-state index contributed by atoms with van der Waals surface area (Å²) in [5.74, 6) is 0.704. The van der Waals surface area contributed by atoms with Gasteiger partial charge in [-0.15, -0.1) is 0 Å². The number of fused-ring (bicyclic) bond motifs is 3. The number of aromatic nitrogens is 3. The van der Waals surface area contributed by atoms with Gasteiger partial charge < -0.3 is 8.98 Å². The Morgan fingerprint density at radius 3 is 2.14 bits per heavy atom. The maximum atomic E-state index is 12.8. The number of aryl methyl sites for hydroxylation is 1. The summed E-state index contributed by atoms with van der Waals surface area (Å²) >= 11 is 0. The molecule has 0 spiro atoms. The summed E-state index contributed by atoms with van der Waals surface area (Å²) in [7, 11) is 1.87. The minimum Gasteiger partial charge on any atom is -0.417 e. The van der Waals surface area contributed by atoms with E-state index in [4.69, 9.17) is 4.42 Å². The van der Waals surface area contributed by atoms with Crippen LogP contribution in [0.15, 0.2) is 46.4 Å². The minimum atomic E-state index is -0.302. The number of ketones is 2. The molecule has 4 aromatic rings. The van der Waals surface area contributed by atoms with Gasteiger partial charge in [-0.3, -0.25) is 9.59 Å². The molecule has 0 atom stereocenters. The number of allylic oxidation sites excluding steroid dienone is 1. The number of carbonyl (C=O) groups excluding carboxylic acids is 2. The Morgan fingerprint density at radius 2 is 1.61 bits per heavy atom. The van der Waals surface area contributed by atoms with E-state index in [1.807, 2.05) is 49.7 Å². The number of hydrogen-bond acceptors (Lipinski definition) is 5.